The molecule has 0 spiro atoms. The number of benzene rings is 1. The molecule has 0 aliphatic rings. The summed E-state index contributed by atoms with van der Waals surface area (Å²) in [7, 11) is 0. The van der Waals surface area contributed by atoms with Crippen molar-refractivity contribution in [3.05, 3.63) is 34.6 Å². The number of nitrogens with one attached hydrogen (secondary N) is 1. The molecular weight excluding hydrogens is 233 g/mol. The molecule has 0 saturated heterocycles. The molecule has 1 nitrogen and oxygen atoms in total. The van der Waals surface area contributed by atoms with Crippen LogP contribution in [0.15, 0.2) is 18.2 Å². The van der Waals surface area contributed by atoms with Crippen molar-refractivity contribution in [3.63, 3.8) is 0 Å². The molecule has 1 aromatic rings. The second kappa shape index (κ2) is 7.09. The molecule has 0 aromatic heterocycles. The van der Waals surface area contributed by atoms with E-state index in [2.05, 4.69) is 11.6 Å². The highest BCUT2D eigenvalue weighted by molar-refractivity contribution is 7.98. The molecular formula is C11H15ClFNS. The Kier molecular flexibility index (Phi) is 6.06. The fourth-order valence-electron chi connectivity index (χ4n) is 1.22. The Labute approximate surface area is 99.4 Å². The van der Waals surface area contributed by atoms with Gasteiger partial charge in [0.15, 0.2) is 0 Å². The van der Waals surface area contributed by atoms with Gasteiger partial charge in [0.25, 0.3) is 0 Å². The molecule has 0 aliphatic carbocycles. The number of rotatable bonds is 6. The molecule has 0 unspecified atom stereocenters. The van der Waals surface area contributed by atoms with E-state index in [0.717, 1.165) is 24.3 Å². The summed E-state index contributed by atoms with van der Waals surface area (Å²) in [5.41, 5.74) is 0.932. The Morgan fingerprint density at radius 2 is 2.27 bits per heavy atom. The summed E-state index contributed by atoms with van der Waals surface area (Å²) in [5.74, 6) is 0.808. The van der Waals surface area contributed by atoms with Crippen LogP contribution >= 0.6 is 23.4 Å². The van der Waals surface area contributed by atoms with Gasteiger partial charge in [-0.2, -0.15) is 11.8 Å². The van der Waals surface area contributed by atoms with E-state index in [1.54, 1.807) is 6.07 Å². The maximum Gasteiger partial charge on any atom is 0.142 e. The third-order valence-corrected chi connectivity index (χ3v) is 3.02. The zero-order valence-corrected chi connectivity index (χ0v) is 10.3. The summed E-state index contributed by atoms with van der Waals surface area (Å²) in [4.78, 5) is 0. The van der Waals surface area contributed by atoms with Gasteiger partial charge in [0, 0.05) is 6.54 Å². The van der Waals surface area contributed by atoms with Crippen LogP contribution in [0.3, 0.4) is 0 Å². The molecule has 0 amide bonds. The normalized spacial score (nSPS) is 10.6. The van der Waals surface area contributed by atoms with E-state index in [4.69, 9.17) is 11.6 Å². The van der Waals surface area contributed by atoms with Crippen molar-refractivity contribution in [1.29, 1.82) is 0 Å². The minimum Gasteiger partial charge on any atom is -0.313 e. The zero-order chi connectivity index (χ0) is 11.1. The molecule has 0 bridgehead atoms. The van der Waals surface area contributed by atoms with Crippen LogP contribution < -0.4 is 5.32 Å². The summed E-state index contributed by atoms with van der Waals surface area (Å²) >= 11 is 7.42. The highest BCUT2D eigenvalue weighted by atomic mass is 35.5. The molecule has 0 heterocycles. The van der Waals surface area contributed by atoms with Crippen LogP contribution in [0.5, 0.6) is 0 Å². The van der Waals surface area contributed by atoms with Crippen molar-refractivity contribution in [2.75, 3.05) is 18.6 Å². The predicted molar refractivity (Wildman–Crippen MR) is 66.1 cm³/mol. The molecule has 0 saturated carbocycles. The zero-order valence-electron chi connectivity index (χ0n) is 8.72. The van der Waals surface area contributed by atoms with E-state index in [-0.39, 0.29) is 10.8 Å². The summed E-state index contributed by atoms with van der Waals surface area (Å²) in [6.07, 6.45) is 3.23. The summed E-state index contributed by atoms with van der Waals surface area (Å²) in [5, 5.41) is 3.44. The molecule has 0 radical (unpaired) electrons. The van der Waals surface area contributed by atoms with Crippen molar-refractivity contribution in [3.8, 4) is 0 Å². The number of thioether (sulfide) groups is 1. The molecule has 4 heteroatoms. The van der Waals surface area contributed by atoms with Crippen LogP contribution in [-0.2, 0) is 6.54 Å². The first-order valence-electron chi connectivity index (χ1n) is 4.87. The third-order valence-electron chi connectivity index (χ3n) is 2.02. The average Bonchev–Trinajstić information content (AvgIpc) is 2.23. The quantitative estimate of drug-likeness (QED) is 0.774. The lowest BCUT2D eigenvalue weighted by atomic mass is 10.2. The van der Waals surface area contributed by atoms with Crippen LogP contribution in [0, 0.1) is 5.82 Å². The Hall–Kier alpha value is -0.250. The van der Waals surface area contributed by atoms with E-state index >= 15 is 0 Å². The largest absolute Gasteiger partial charge is 0.313 e. The number of hydrogen-bond acceptors (Lipinski definition) is 2. The van der Waals surface area contributed by atoms with Gasteiger partial charge in [-0.1, -0.05) is 17.7 Å². The molecule has 15 heavy (non-hydrogen) atoms. The van der Waals surface area contributed by atoms with Gasteiger partial charge in [0.2, 0.25) is 0 Å². The van der Waals surface area contributed by atoms with Crippen molar-refractivity contribution in [1.82, 2.24) is 5.32 Å². The van der Waals surface area contributed by atoms with E-state index in [1.807, 2.05) is 17.8 Å². The topological polar surface area (TPSA) is 12.0 Å². The molecule has 0 aliphatic heterocycles. The highest BCUT2D eigenvalue weighted by Crippen LogP contribution is 2.15. The molecule has 0 atom stereocenters. The van der Waals surface area contributed by atoms with Gasteiger partial charge < -0.3 is 5.32 Å². The summed E-state index contributed by atoms with van der Waals surface area (Å²) < 4.78 is 13.0. The highest BCUT2D eigenvalue weighted by Gasteiger charge is 2.00. The van der Waals surface area contributed by atoms with E-state index in [1.165, 1.54) is 6.07 Å². The molecule has 1 rings (SSSR count). The van der Waals surface area contributed by atoms with Crippen LogP contribution in [0.25, 0.3) is 0 Å². The van der Waals surface area contributed by atoms with Crippen molar-refractivity contribution in [2.24, 2.45) is 0 Å². The SMILES string of the molecule is CSCCCNCc1ccc(Cl)c(F)c1. The fraction of sp³-hybridized carbons (Fsp3) is 0.455. The first-order valence-corrected chi connectivity index (χ1v) is 6.65. The lowest BCUT2D eigenvalue weighted by molar-refractivity contribution is 0.620. The maximum absolute atomic E-state index is 13.0. The molecule has 0 fully saturated rings. The second-order valence-electron chi connectivity index (χ2n) is 3.27. The maximum atomic E-state index is 13.0. The Morgan fingerprint density at radius 1 is 1.47 bits per heavy atom. The van der Waals surface area contributed by atoms with Crippen molar-refractivity contribution < 1.29 is 4.39 Å². The van der Waals surface area contributed by atoms with Crippen molar-refractivity contribution >= 4 is 23.4 Å². The van der Waals surface area contributed by atoms with Crippen molar-refractivity contribution in [2.45, 2.75) is 13.0 Å². The fourth-order valence-corrected chi connectivity index (χ4v) is 1.77. The van der Waals surface area contributed by atoms with E-state index in [9.17, 15) is 4.39 Å². The molecule has 1 aromatic carbocycles. The lowest BCUT2D eigenvalue weighted by Gasteiger charge is -2.04. The van der Waals surface area contributed by atoms with Gasteiger partial charge >= 0.3 is 0 Å². The third kappa shape index (κ3) is 4.87. The first kappa shape index (κ1) is 12.8. The first-order chi connectivity index (χ1) is 7.24. The Bertz CT molecular complexity index is 307. The van der Waals surface area contributed by atoms with E-state index < -0.39 is 0 Å². The summed E-state index contributed by atoms with van der Waals surface area (Å²) in [6.45, 7) is 1.66. The second-order valence-corrected chi connectivity index (χ2v) is 4.66. The summed E-state index contributed by atoms with van der Waals surface area (Å²) in [6, 6.07) is 4.91. The average molecular weight is 248 g/mol. The Balaban J connectivity index is 2.28. The standard InChI is InChI=1S/C11H15ClFNS/c1-15-6-2-5-14-8-9-3-4-10(12)11(13)7-9/h3-4,7,14H,2,5-6,8H2,1H3. The van der Waals surface area contributed by atoms with Crippen LogP contribution in [0.4, 0.5) is 4.39 Å². The number of halogens is 2. The monoisotopic (exact) mass is 247 g/mol. The van der Waals surface area contributed by atoms with Gasteiger partial charge in [0.1, 0.15) is 5.82 Å². The van der Waals surface area contributed by atoms with Crippen LogP contribution in [0.2, 0.25) is 5.02 Å². The van der Waals surface area contributed by atoms with Crippen LogP contribution in [0.1, 0.15) is 12.0 Å². The molecule has 84 valence electrons. The minimum absolute atomic E-state index is 0.182. The minimum atomic E-state index is -0.347. The molecule has 1 N–H and O–H groups in total. The van der Waals surface area contributed by atoms with Crippen LogP contribution in [-0.4, -0.2) is 18.6 Å². The van der Waals surface area contributed by atoms with Gasteiger partial charge in [0.05, 0.1) is 5.02 Å². The van der Waals surface area contributed by atoms with Gasteiger partial charge in [-0.25, -0.2) is 4.39 Å². The van der Waals surface area contributed by atoms with Gasteiger partial charge in [-0.05, 0) is 42.7 Å². The lowest BCUT2D eigenvalue weighted by Crippen LogP contribution is -2.15. The number of hydrogen-bond donors (Lipinski definition) is 1. The smallest absolute Gasteiger partial charge is 0.142 e. The van der Waals surface area contributed by atoms with Gasteiger partial charge in [-0.15, -0.1) is 0 Å². The van der Waals surface area contributed by atoms with Gasteiger partial charge in [-0.3, -0.25) is 0 Å². The van der Waals surface area contributed by atoms with E-state index in [0.29, 0.717) is 6.54 Å². The predicted octanol–water partition coefficient (Wildman–Crippen LogP) is 3.32. The Morgan fingerprint density at radius 3 is 2.93 bits per heavy atom.